The summed E-state index contributed by atoms with van der Waals surface area (Å²) >= 11 is 0. The van der Waals surface area contributed by atoms with Crippen LogP contribution < -0.4 is 22.9 Å². The van der Waals surface area contributed by atoms with E-state index >= 15 is 0 Å². The molecular weight excluding hydrogens is 280 g/mol. The van der Waals surface area contributed by atoms with Gasteiger partial charge in [0.25, 0.3) is 0 Å². The summed E-state index contributed by atoms with van der Waals surface area (Å²) < 4.78 is 0. The Labute approximate surface area is 111 Å². The van der Waals surface area contributed by atoms with Crippen molar-refractivity contribution in [2.24, 2.45) is 22.9 Å². The zero-order chi connectivity index (χ0) is 16.6. The SMILES string of the molecule is NC(C(=O)O)C(N)C(=O)O.NC(C(=O)O)[C@H](N)C(=O)O. The molecule has 0 aliphatic heterocycles. The van der Waals surface area contributed by atoms with Crippen LogP contribution in [0.5, 0.6) is 0 Å². The maximum Gasteiger partial charge on any atom is 0.322 e. The van der Waals surface area contributed by atoms with Gasteiger partial charge in [0.05, 0.1) is 0 Å². The van der Waals surface area contributed by atoms with Gasteiger partial charge in [-0.05, 0) is 0 Å². The summed E-state index contributed by atoms with van der Waals surface area (Å²) in [6.45, 7) is 0. The number of carbonyl (C=O) groups is 4. The fourth-order valence-electron chi connectivity index (χ4n) is 0.614. The number of rotatable bonds is 6. The molecule has 20 heavy (non-hydrogen) atoms. The van der Waals surface area contributed by atoms with Crippen molar-refractivity contribution >= 4 is 23.9 Å². The van der Waals surface area contributed by atoms with Gasteiger partial charge in [-0.2, -0.15) is 0 Å². The van der Waals surface area contributed by atoms with Gasteiger partial charge in [-0.3, -0.25) is 19.2 Å². The highest BCUT2D eigenvalue weighted by Gasteiger charge is 2.26. The molecule has 0 saturated heterocycles. The third kappa shape index (κ3) is 7.22. The minimum absolute atomic E-state index is 1.42. The molecule has 3 unspecified atom stereocenters. The van der Waals surface area contributed by atoms with Gasteiger partial charge in [-0.1, -0.05) is 0 Å². The first-order valence-electron chi connectivity index (χ1n) is 4.87. The summed E-state index contributed by atoms with van der Waals surface area (Å²) in [7, 11) is 0. The largest absolute Gasteiger partial charge is 0.480 e. The van der Waals surface area contributed by atoms with E-state index in [0.29, 0.717) is 0 Å². The monoisotopic (exact) mass is 296 g/mol. The van der Waals surface area contributed by atoms with Crippen LogP contribution in [0.3, 0.4) is 0 Å². The molecule has 0 fully saturated rings. The Balaban J connectivity index is 0. The third-order valence-electron chi connectivity index (χ3n) is 1.91. The lowest BCUT2D eigenvalue weighted by atomic mass is 10.1. The summed E-state index contributed by atoms with van der Waals surface area (Å²) in [5.41, 5.74) is 19.4. The van der Waals surface area contributed by atoms with E-state index in [4.69, 9.17) is 43.4 Å². The fourth-order valence-corrected chi connectivity index (χ4v) is 0.614. The smallest absolute Gasteiger partial charge is 0.322 e. The van der Waals surface area contributed by atoms with Gasteiger partial charge in [0.2, 0.25) is 0 Å². The summed E-state index contributed by atoms with van der Waals surface area (Å²) in [5.74, 6) is -5.69. The molecule has 0 heterocycles. The fraction of sp³-hybridized carbons (Fsp3) is 0.500. The van der Waals surface area contributed by atoms with Crippen LogP contribution in [0.4, 0.5) is 0 Å². The highest BCUT2D eigenvalue weighted by molar-refractivity contribution is 5.85. The second-order valence-electron chi connectivity index (χ2n) is 3.46. The highest BCUT2D eigenvalue weighted by Crippen LogP contribution is 1.86. The Hall–Kier alpha value is -2.28. The quantitative estimate of drug-likeness (QED) is 0.231. The Morgan fingerprint density at radius 2 is 0.600 bits per heavy atom. The van der Waals surface area contributed by atoms with E-state index in [1.165, 1.54) is 0 Å². The molecule has 4 atom stereocenters. The van der Waals surface area contributed by atoms with Crippen LogP contribution in [-0.2, 0) is 19.2 Å². The van der Waals surface area contributed by atoms with Crippen molar-refractivity contribution < 1.29 is 39.6 Å². The van der Waals surface area contributed by atoms with Gasteiger partial charge < -0.3 is 43.4 Å². The second kappa shape index (κ2) is 8.76. The van der Waals surface area contributed by atoms with Gasteiger partial charge in [0, 0.05) is 0 Å². The topological polar surface area (TPSA) is 253 Å². The van der Waals surface area contributed by atoms with E-state index in [-0.39, 0.29) is 0 Å². The number of nitrogens with two attached hydrogens (primary N) is 4. The molecule has 0 aromatic rings. The summed E-state index contributed by atoms with van der Waals surface area (Å²) in [6, 6.07) is -6.18. The molecule has 0 saturated carbocycles. The predicted octanol–water partition coefficient (Wildman–Crippen LogP) is -4.38. The van der Waals surface area contributed by atoms with Gasteiger partial charge in [0.15, 0.2) is 0 Å². The van der Waals surface area contributed by atoms with E-state index in [0.717, 1.165) is 0 Å². The lowest BCUT2D eigenvalue weighted by Crippen LogP contribution is -2.51. The average molecular weight is 296 g/mol. The lowest BCUT2D eigenvalue weighted by molar-refractivity contribution is -0.146. The third-order valence-corrected chi connectivity index (χ3v) is 1.91. The average Bonchev–Trinajstić information content (AvgIpc) is 2.35. The first kappa shape index (κ1) is 20.0. The minimum Gasteiger partial charge on any atom is -0.480 e. The van der Waals surface area contributed by atoms with Crippen LogP contribution in [0.25, 0.3) is 0 Å². The van der Waals surface area contributed by atoms with Crippen molar-refractivity contribution in [1.29, 1.82) is 0 Å². The summed E-state index contributed by atoms with van der Waals surface area (Å²) in [6.07, 6.45) is 0. The molecule has 0 aromatic heterocycles. The Morgan fingerprint density at radius 1 is 0.500 bits per heavy atom. The van der Waals surface area contributed by atoms with Crippen LogP contribution in [0, 0.1) is 0 Å². The molecule has 116 valence electrons. The minimum atomic E-state index is -1.54. The zero-order valence-corrected chi connectivity index (χ0v) is 10.0. The normalized spacial score (nSPS) is 15.8. The maximum atomic E-state index is 9.98. The number of hydrogen-bond acceptors (Lipinski definition) is 8. The first-order valence-corrected chi connectivity index (χ1v) is 4.87. The van der Waals surface area contributed by atoms with Crippen molar-refractivity contribution in [1.82, 2.24) is 0 Å². The molecule has 0 bridgehead atoms. The lowest BCUT2D eigenvalue weighted by Gasteiger charge is -2.09. The van der Waals surface area contributed by atoms with E-state index in [1.54, 1.807) is 0 Å². The van der Waals surface area contributed by atoms with Crippen LogP contribution in [0.15, 0.2) is 0 Å². The Kier molecular flexibility index (Phi) is 8.78. The van der Waals surface area contributed by atoms with E-state index in [2.05, 4.69) is 0 Å². The molecule has 0 spiro atoms. The first-order chi connectivity index (χ1) is 8.93. The molecule has 0 aromatic carbocycles. The van der Waals surface area contributed by atoms with E-state index in [9.17, 15) is 19.2 Å². The molecule has 0 aliphatic rings. The number of carboxylic acid groups (broad SMARTS) is 4. The van der Waals surface area contributed by atoms with Crippen LogP contribution in [0.1, 0.15) is 0 Å². The van der Waals surface area contributed by atoms with Gasteiger partial charge >= 0.3 is 23.9 Å². The molecule has 0 rings (SSSR count). The molecular formula is C8H16N4O8. The van der Waals surface area contributed by atoms with E-state index < -0.39 is 48.0 Å². The molecule has 0 amide bonds. The van der Waals surface area contributed by atoms with Gasteiger partial charge in [-0.15, -0.1) is 0 Å². The Bertz CT molecular complexity index is 315. The zero-order valence-electron chi connectivity index (χ0n) is 10.0. The number of carboxylic acids is 4. The maximum absolute atomic E-state index is 9.98. The standard InChI is InChI=1S/2C4H8N2O4/c2*5-1(3(7)8)2(6)4(9)10/h2*1-2H,5-6H2,(H,7,8)(H,9,10)/t1-,2?;/m0./s1. The predicted molar refractivity (Wildman–Crippen MR) is 62.4 cm³/mol. The Morgan fingerprint density at radius 3 is 0.650 bits per heavy atom. The summed E-state index contributed by atoms with van der Waals surface area (Å²) in [4.78, 5) is 39.9. The number of hydrogen-bond donors (Lipinski definition) is 8. The van der Waals surface area contributed by atoms with Crippen LogP contribution in [-0.4, -0.2) is 68.5 Å². The van der Waals surface area contributed by atoms with Gasteiger partial charge in [0.1, 0.15) is 24.2 Å². The van der Waals surface area contributed by atoms with Crippen molar-refractivity contribution in [2.75, 3.05) is 0 Å². The van der Waals surface area contributed by atoms with Crippen LogP contribution in [0.2, 0.25) is 0 Å². The molecule has 0 radical (unpaired) electrons. The van der Waals surface area contributed by atoms with Gasteiger partial charge in [-0.25, -0.2) is 0 Å². The molecule has 12 nitrogen and oxygen atoms in total. The summed E-state index contributed by atoms with van der Waals surface area (Å²) in [5, 5.41) is 32.5. The van der Waals surface area contributed by atoms with Crippen molar-refractivity contribution in [3.05, 3.63) is 0 Å². The highest BCUT2D eigenvalue weighted by atomic mass is 16.4. The van der Waals surface area contributed by atoms with E-state index in [1.807, 2.05) is 0 Å². The second-order valence-corrected chi connectivity index (χ2v) is 3.46. The van der Waals surface area contributed by atoms with Crippen molar-refractivity contribution in [3.8, 4) is 0 Å². The van der Waals surface area contributed by atoms with Crippen LogP contribution >= 0.6 is 0 Å². The molecule has 0 aliphatic carbocycles. The van der Waals surface area contributed by atoms with Crippen molar-refractivity contribution in [3.63, 3.8) is 0 Å². The molecule has 12 N–H and O–H groups in total. The molecule has 12 heteroatoms. The van der Waals surface area contributed by atoms with Crippen molar-refractivity contribution in [2.45, 2.75) is 24.2 Å². The number of aliphatic carboxylic acids is 4.